The lowest BCUT2D eigenvalue weighted by molar-refractivity contribution is -0.144. The summed E-state index contributed by atoms with van der Waals surface area (Å²) in [6.07, 6.45) is 4.23. The molecule has 0 spiro atoms. The van der Waals surface area contributed by atoms with Gasteiger partial charge in [-0.25, -0.2) is 13.4 Å². The summed E-state index contributed by atoms with van der Waals surface area (Å²) in [5.41, 5.74) is 8.47. The molecule has 4 rings (SSSR count). The number of aromatic amines is 1. The Labute approximate surface area is 182 Å². The molecule has 0 bridgehead atoms. The second-order valence-electron chi connectivity index (χ2n) is 8.00. The summed E-state index contributed by atoms with van der Waals surface area (Å²) in [4.78, 5) is 13.0. The van der Waals surface area contributed by atoms with Gasteiger partial charge in [0.05, 0.1) is 41.0 Å². The van der Waals surface area contributed by atoms with E-state index in [4.69, 9.17) is 10.6 Å². The predicted octanol–water partition coefficient (Wildman–Crippen LogP) is 2.36. The maximum absolute atomic E-state index is 13.4. The number of nitrogens with two attached hydrogens (primary N) is 1. The molecule has 1 aliphatic rings. The van der Waals surface area contributed by atoms with E-state index in [0.717, 1.165) is 35.7 Å². The molecule has 0 amide bonds. The van der Waals surface area contributed by atoms with Gasteiger partial charge in [0.15, 0.2) is 0 Å². The van der Waals surface area contributed by atoms with Crippen LogP contribution in [0.4, 0.5) is 0 Å². The lowest BCUT2D eigenvalue weighted by atomic mass is 10.0. The molecule has 9 heteroatoms. The Hall–Kier alpha value is -2.30. The summed E-state index contributed by atoms with van der Waals surface area (Å²) in [5.74, 6) is 0. The molecule has 1 saturated carbocycles. The topological polar surface area (TPSA) is 122 Å². The average Bonchev–Trinajstić information content (AvgIpc) is 3.45. The lowest BCUT2D eigenvalue weighted by Crippen LogP contribution is -2.47. The van der Waals surface area contributed by atoms with E-state index in [2.05, 4.69) is 9.97 Å². The number of H-pyrrole nitrogens is 1. The minimum absolute atomic E-state index is 0.0751. The number of nitrogens with one attached hydrogen (secondary N) is 1. The number of imidazole rings is 1. The normalized spacial score (nSPS) is 17.4. The van der Waals surface area contributed by atoms with E-state index in [-0.39, 0.29) is 17.5 Å². The van der Waals surface area contributed by atoms with Gasteiger partial charge in [0.1, 0.15) is 0 Å². The molecule has 4 N–H and O–H groups in total. The molecule has 3 aromatic rings. The molecule has 2 atom stereocenters. The van der Waals surface area contributed by atoms with Gasteiger partial charge in [0.2, 0.25) is 0 Å². The number of nitrogens with zero attached hydrogens (tertiary/aromatic N) is 2. The van der Waals surface area contributed by atoms with Crippen molar-refractivity contribution < 1.29 is 18.4 Å². The third-order valence-electron chi connectivity index (χ3n) is 5.67. The van der Waals surface area contributed by atoms with Crippen LogP contribution in [0, 0.1) is 0 Å². The fraction of sp³-hybridized carbons (Fsp3) is 0.409. The van der Waals surface area contributed by atoms with E-state index >= 15 is 0 Å². The summed E-state index contributed by atoms with van der Waals surface area (Å²) in [7, 11) is -4.01. The molecule has 0 radical (unpaired) electrons. The molecule has 31 heavy (non-hydrogen) atoms. The van der Waals surface area contributed by atoms with Crippen LogP contribution in [0.3, 0.4) is 0 Å². The Bertz CT molecular complexity index is 1100. The molecule has 8 nitrogen and oxygen atoms in total. The number of aromatic nitrogens is 2. The minimum Gasteiger partial charge on any atom is -0.390 e. The number of hydroxylamine groups is 1. The van der Waals surface area contributed by atoms with E-state index in [0.29, 0.717) is 17.5 Å². The SMILES string of the molecule is NC(Cc1ccccc1)C(O)CN(OC1CCCC1)S(=O)(=O)c1ccc2nc[nH]c2c1. The van der Waals surface area contributed by atoms with Crippen molar-refractivity contribution in [2.75, 3.05) is 6.54 Å². The van der Waals surface area contributed by atoms with Crippen LogP contribution in [0.5, 0.6) is 0 Å². The summed E-state index contributed by atoms with van der Waals surface area (Å²) in [6, 6.07) is 13.6. The molecule has 1 fully saturated rings. The zero-order chi connectivity index (χ0) is 21.8. The van der Waals surface area contributed by atoms with Gasteiger partial charge in [-0.05, 0) is 43.0 Å². The molecule has 1 aromatic heterocycles. The van der Waals surface area contributed by atoms with E-state index in [1.165, 1.54) is 18.5 Å². The van der Waals surface area contributed by atoms with Gasteiger partial charge in [0, 0.05) is 6.04 Å². The van der Waals surface area contributed by atoms with Crippen molar-refractivity contribution in [3.8, 4) is 0 Å². The number of rotatable bonds is 9. The number of hydrogen-bond acceptors (Lipinski definition) is 6. The largest absolute Gasteiger partial charge is 0.390 e. The van der Waals surface area contributed by atoms with Gasteiger partial charge >= 0.3 is 0 Å². The van der Waals surface area contributed by atoms with E-state index in [1.807, 2.05) is 30.3 Å². The Kier molecular flexibility index (Phi) is 6.68. The van der Waals surface area contributed by atoms with Gasteiger partial charge in [-0.1, -0.05) is 47.6 Å². The smallest absolute Gasteiger partial charge is 0.265 e. The molecule has 0 saturated heterocycles. The monoisotopic (exact) mass is 444 g/mol. The Balaban J connectivity index is 1.55. The molecule has 2 unspecified atom stereocenters. The quantitative estimate of drug-likeness (QED) is 0.436. The summed E-state index contributed by atoms with van der Waals surface area (Å²) in [6.45, 7) is -0.242. The zero-order valence-corrected chi connectivity index (χ0v) is 18.0. The number of hydrogen-bond donors (Lipinski definition) is 3. The van der Waals surface area contributed by atoms with Crippen LogP contribution >= 0.6 is 0 Å². The van der Waals surface area contributed by atoms with Crippen LogP contribution in [0.25, 0.3) is 11.0 Å². The Morgan fingerprint density at radius 1 is 1.19 bits per heavy atom. The first-order chi connectivity index (χ1) is 14.9. The minimum atomic E-state index is -4.01. The van der Waals surface area contributed by atoms with E-state index in [9.17, 15) is 13.5 Å². The average molecular weight is 445 g/mol. The molecule has 166 valence electrons. The summed E-state index contributed by atoms with van der Waals surface area (Å²) < 4.78 is 27.8. The standard InChI is InChI=1S/C22H28N4O4S/c23-19(12-16-6-2-1-3-7-16)22(27)14-26(30-17-8-4-5-9-17)31(28,29)18-10-11-20-21(13-18)25-15-24-20/h1-3,6-7,10-11,13,15,17,19,22,27H,4-5,8-9,12,14,23H2,(H,24,25). The second kappa shape index (κ2) is 9.46. The van der Waals surface area contributed by atoms with Gasteiger partial charge in [0.25, 0.3) is 10.0 Å². The second-order valence-corrected chi connectivity index (χ2v) is 9.83. The van der Waals surface area contributed by atoms with Crippen molar-refractivity contribution >= 4 is 21.1 Å². The van der Waals surface area contributed by atoms with Gasteiger partial charge in [-0.3, -0.25) is 4.84 Å². The molecular formula is C22H28N4O4S. The fourth-order valence-corrected chi connectivity index (χ4v) is 5.19. The third kappa shape index (κ3) is 5.13. The number of aliphatic hydroxyl groups excluding tert-OH is 1. The Morgan fingerprint density at radius 3 is 2.68 bits per heavy atom. The lowest BCUT2D eigenvalue weighted by Gasteiger charge is -2.29. The van der Waals surface area contributed by atoms with E-state index < -0.39 is 22.2 Å². The van der Waals surface area contributed by atoms with Crippen molar-refractivity contribution in [2.24, 2.45) is 5.73 Å². The van der Waals surface area contributed by atoms with Crippen LogP contribution in [0.2, 0.25) is 0 Å². The van der Waals surface area contributed by atoms with Crippen molar-refractivity contribution in [1.82, 2.24) is 14.4 Å². The van der Waals surface area contributed by atoms with Crippen molar-refractivity contribution in [1.29, 1.82) is 0 Å². The number of aliphatic hydroxyl groups is 1. The van der Waals surface area contributed by atoms with Crippen molar-refractivity contribution in [2.45, 2.75) is 55.2 Å². The highest BCUT2D eigenvalue weighted by Crippen LogP contribution is 2.27. The van der Waals surface area contributed by atoms with Crippen LogP contribution < -0.4 is 5.73 Å². The fourth-order valence-electron chi connectivity index (χ4n) is 3.86. The maximum atomic E-state index is 13.4. The highest BCUT2D eigenvalue weighted by atomic mass is 32.2. The molecule has 1 aliphatic carbocycles. The molecular weight excluding hydrogens is 416 g/mol. The molecule has 1 heterocycles. The van der Waals surface area contributed by atoms with Gasteiger partial charge in [-0.2, -0.15) is 0 Å². The third-order valence-corrected chi connectivity index (χ3v) is 7.29. The van der Waals surface area contributed by atoms with Crippen LogP contribution in [-0.4, -0.2) is 52.8 Å². The van der Waals surface area contributed by atoms with Crippen LogP contribution in [0.1, 0.15) is 31.2 Å². The number of sulfonamides is 1. The first-order valence-electron chi connectivity index (χ1n) is 10.5. The molecule has 0 aliphatic heterocycles. The van der Waals surface area contributed by atoms with Crippen LogP contribution in [-0.2, 0) is 21.3 Å². The van der Waals surface area contributed by atoms with Crippen molar-refractivity contribution in [3.05, 3.63) is 60.4 Å². The first-order valence-corrected chi connectivity index (χ1v) is 12.0. The summed E-state index contributed by atoms with van der Waals surface area (Å²) in [5, 5.41) is 10.7. The van der Waals surface area contributed by atoms with Gasteiger partial charge < -0.3 is 15.8 Å². The van der Waals surface area contributed by atoms with Crippen molar-refractivity contribution in [3.63, 3.8) is 0 Å². The first kappa shape index (κ1) is 21.9. The highest BCUT2D eigenvalue weighted by Gasteiger charge is 2.33. The Morgan fingerprint density at radius 2 is 1.94 bits per heavy atom. The zero-order valence-electron chi connectivity index (χ0n) is 17.2. The predicted molar refractivity (Wildman–Crippen MR) is 117 cm³/mol. The van der Waals surface area contributed by atoms with Crippen LogP contribution in [0.15, 0.2) is 59.8 Å². The molecule has 2 aromatic carbocycles. The summed E-state index contributed by atoms with van der Waals surface area (Å²) >= 11 is 0. The number of benzene rings is 2. The number of fused-ring (bicyclic) bond motifs is 1. The van der Waals surface area contributed by atoms with Gasteiger partial charge in [-0.15, -0.1) is 0 Å². The highest BCUT2D eigenvalue weighted by molar-refractivity contribution is 7.89. The van der Waals surface area contributed by atoms with E-state index in [1.54, 1.807) is 6.07 Å². The maximum Gasteiger partial charge on any atom is 0.265 e.